The maximum Gasteiger partial charge on any atom is 0.227 e. The highest BCUT2D eigenvalue weighted by Crippen LogP contribution is 2.12. The summed E-state index contributed by atoms with van der Waals surface area (Å²) in [7, 11) is 0. The van der Waals surface area contributed by atoms with Crippen LogP contribution in [0.5, 0.6) is 0 Å². The highest BCUT2D eigenvalue weighted by Gasteiger charge is 2.11. The highest BCUT2D eigenvalue weighted by atomic mass is 16.1. The first-order chi connectivity index (χ1) is 9.19. The van der Waals surface area contributed by atoms with Gasteiger partial charge in [-0.15, -0.1) is 0 Å². The highest BCUT2D eigenvalue weighted by molar-refractivity contribution is 5.78. The van der Waals surface area contributed by atoms with Gasteiger partial charge in [-0.05, 0) is 25.5 Å². The first-order valence-electron chi connectivity index (χ1n) is 6.30. The Labute approximate surface area is 111 Å². The second-order valence-corrected chi connectivity index (χ2v) is 4.40. The van der Waals surface area contributed by atoms with E-state index in [-0.39, 0.29) is 18.4 Å². The van der Waals surface area contributed by atoms with Gasteiger partial charge in [0.15, 0.2) is 5.82 Å². The molecule has 6 heteroatoms. The number of hydrogen-bond acceptors (Lipinski definition) is 4. The van der Waals surface area contributed by atoms with Crippen molar-refractivity contribution < 1.29 is 4.79 Å². The van der Waals surface area contributed by atoms with E-state index >= 15 is 0 Å². The third kappa shape index (κ3) is 3.61. The predicted molar refractivity (Wildman–Crippen MR) is 71.2 cm³/mol. The molecule has 100 valence electrons. The molecule has 2 rings (SSSR count). The van der Waals surface area contributed by atoms with E-state index in [4.69, 9.17) is 0 Å². The summed E-state index contributed by atoms with van der Waals surface area (Å²) in [5.74, 6) is 1.09. The SMILES string of the molecule is CCC(C)NC(=O)Cc1nc(-c2ccncc2)n[nH]1. The molecular formula is C13H17N5O. The van der Waals surface area contributed by atoms with Crippen LogP contribution < -0.4 is 5.32 Å². The second kappa shape index (κ2) is 6.08. The predicted octanol–water partition coefficient (Wildman–Crippen LogP) is 1.32. The topological polar surface area (TPSA) is 83.6 Å². The molecule has 0 saturated heterocycles. The van der Waals surface area contributed by atoms with Crippen molar-refractivity contribution in [2.45, 2.75) is 32.7 Å². The van der Waals surface area contributed by atoms with E-state index < -0.39 is 0 Å². The van der Waals surface area contributed by atoms with Crippen molar-refractivity contribution in [3.05, 3.63) is 30.4 Å². The van der Waals surface area contributed by atoms with E-state index in [0.717, 1.165) is 12.0 Å². The lowest BCUT2D eigenvalue weighted by Gasteiger charge is -2.09. The van der Waals surface area contributed by atoms with Crippen LogP contribution in [-0.4, -0.2) is 32.1 Å². The molecule has 6 nitrogen and oxygen atoms in total. The van der Waals surface area contributed by atoms with Crippen LogP contribution in [-0.2, 0) is 11.2 Å². The van der Waals surface area contributed by atoms with Gasteiger partial charge in [-0.3, -0.25) is 14.9 Å². The number of rotatable bonds is 5. The van der Waals surface area contributed by atoms with Crippen LogP contribution in [0.2, 0.25) is 0 Å². The zero-order valence-corrected chi connectivity index (χ0v) is 11.1. The summed E-state index contributed by atoms with van der Waals surface area (Å²) in [6.45, 7) is 4.00. The molecule has 0 aliphatic rings. The second-order valence-electron chi connectivity index (χ2n) is 4.40. The largest absolute Gasteiger partial charge is 0.353 e. The molecule has 0 saturated carbocycles. The van der Waals surface area contributed by atoms with Gasteiger partial charge in [0.25, 0.3) is 0 Å². The number of nitrogens with one attached hydrogen (secondary N) is 2. The van der Waals surface area contributed by atoms with Gasteiger partial charge >= 0.3 is 0 Å². The molecule has 0 radical (unpaired) electrons. The first-order valence-corrected chi connectivity index (χ1v) is 6.30. The fraction of sp³-hybridized carbons (Fsp3) is 0.385. The number of carbonyl (C=O) groups is 1. The van der Waals surface area contributed by atoms with Crippen molar-refractivity contribution in [3.63, 3.8) is 0 Å². The number of H-pyrrole nitrogens is 1. The molecule has 1 amide bonds. The van der Waals surface area contributed by atoms with Gasteiger partial charge in [0.1, 0.15) is 5.82 Å². The molecule has 0 aliphatic heterocycles. The minimum Gasteiger partial charge on any atom is -0.353 e. The Bertz CT molecular complexity index is 537. The number of carbonyl (C=O) groups excluding carboxylic acids is 1. The standard InChI is InChI=1S/C13H17N5O/c1-3-9(2)15-12(19)8-11-16-13(18-17-11)10-4-6-14-7-5-10/h4-7,9H,3,8H2,1-2H3,(H,15,19)(H,16,17,18). The Balaban J connectivity index is 2.00. The van der Waals surface area contributed by atoms with E-state index in [0.29, 0.717) is 11.6 Å². The summed E-state index contributed by atoms with van der Waals surface area (Å²) in [6, 6.07) is 3.83. The summed E-state index contributed by atoms with van der Waals surface area (Å²) in [4.78, 5) is 20.0. The summed E-state index contributed by atoms with van der Waals surface area (Å²) >= 11 is 0. The molecule has 0 bridgehead atoms. The normalized spacial score (nSPS) is 12.1. The van der Waals surface area contributed by atoms with E-state index in [1.807, 2.05) is 26.0 Å². The molecule has 2 heterocycles. The molecule has 0 fully saturated rings. The smallest absolute Gasteiger partial charge is 0.227 e. The van der Waals surface area contributed by atoms with Gasteiger partial charge in [0.2, 0.25) is 5.91 Å². The van der Waals surface area contributed by atoms with Crippen molar-refractivity contribution in [3.8, 4) is 11.4 Å². The van der Waals surface area contributed by atoms with Crippen LogP contribution in [0.25, 0.3) is 11.4 Å². The van der Waals surface area contributed by atoms with Crippen molar-refractivity contribution >= 4 is 5.91 Å². The fourth-order valence-corrected chi connectivity index (χ4v) is 1.58. The van der Waals surface area contributed by atoms with E-state index in [9.17, 15) is 4.79 Å². The van der Waals surface area contributed by atoms with Crippen molar-refractivity contribution in [1.29, 1.82) is 0 Å². The zero-order chi connectivity index (χ0) is 13.7. The van der Waals surface area contributed by atoms with Gasteiger partial charge in [-0.25, -0.2) is 4.98 Å². The maximum absolute atomic E-state index is 11.7. The van der Waals surface area contributed by atoms with Gasteiger partial charge < -0.3 is 5.32 Å². The molecule has 0 aliphatic carbocycles. The molecule has 2 aromatic heterocycles. The van der Waals surface area contributed by atoms with E-state index in [1.165, 1.54) is 0 Å². The van der Waals surface area contributed by atoms with Crippen LogP contribution in [0.15, 0.2) is 24.5 Å². The van der Waals surface area contributed by atoms with Crippen LogP contribution in [0.1, 0.15) is 26.1 Å². The fourth-order valence-electron chi connectivity index (χ4n) is 1.58. The van der Waals surface area contributed by atoms with Crippen LogP contribution in [0.3, 0.4) is 0 Å². The number of hydrogen-bond donors (Lipinski definition) is 2. The lowest BCUT2D eigenvalue weighted by Crippen LogP contribution is -2.33. The molecule has 0 spiro atoms. The Morgan fingerprint density at radius 1 is 1.42 bits per heavy atom. The van der Waals surface area contributed by atoms with Crippen LogP contribution in [0.4, 0.5) is 0 Å². The van der Waals surface area contributed by atoms with E-state index in [2.05, 4.69) is 25.5 Å². The first kappa shape index (κ1) is 13.2. The minimum absolute atomic E-state index is 0.0493. The number of pyridine rings is 1. The zero-order valence-electron chi connectivity index (χ0n) is 11.1. The molecule has 19 heavy (non-hydrogen) atoms. The van der Waals surface area contributed by atoms with E-state index in [1.54, 1.807) is 12.4 Å². The van der Waals surface area contributed by atoms with Crippen molar-refractivity contribution in [1.82, 2.24) is 25.5 Å². The maximum atomic E-state index is 11.7. The average molecular weight is 259 g/mol. The molecule has 2 N–H and O–H groups in total. The number of nitrogens with zero attached hydrogens (tertiary/aromatic N) is 3. The summed E-state index contributed by atoms with van der Waals surface area (Å²) in [5, 5.41) is 9.77. The number of amides is 1. The Hall–Kier alpha value is -2.24. The lowest BCUT2D eigenvalue weighted by atomic mass is 10.2. The Morgan fingerprint density at radius 3 is 2.84 bits per heavy atom. The number of aromatic nitrogens is 4. The summed E-state index contributed by atoms with van der Waals surface area (Å²) in [6.07, 6.45) is 4.48. The lowest BCUT2D eigenvalue weighted by molar-refractivity contribution is -0.121. The van der Waals surface area contributed by atoms with Gasteiger partial charge in [0.05, 0.1) is 6.42 Å². The average Bonchev–Trinajstić information content (AvgIpc) is 2.88. The monoisotopic (exact) mass is 259 g/mol. The van der Waals surface area contributed by atoms with Crippen molar-refractivity contribution in [2.75, 3.05) is 0 Å². The third-order valence-corrected chi connectivity index (χ3v) is 2.82. The summed E-state index contributed by atoms with van der Waals surface area (Å²) in [5.41, 5.74) is 0.875. The molecule has 2 aromatic rings. The molecule has 0 aromatic carbocycles. The van der Waals surface area contributed by atoms with Crippen molar-refractivity contribution in [2.24, 2.45) is 0 Å². The minimum atomic E-state index is -0.0493. The summed E-state index contributed by atoms with van der Waals surface area (Å²) < 4.78 is 0. The Morgan fingerprint density at radius 2 is 2.16 bits per heavy atom. The Kier molecular flexibility index (Phi) is 4.22. The van der Waals surface area contributed by atoms with Gasteiger partial charge in [-0.2, -0.15) is 5.10 Å². The number of aromatic amines is 1. The molecular weight excluding hydrogens is 242 g/mol. The molecule has 1 atom stereocenters. The van der Waals surface area contributed by atoms with Gasteiger partial charge in [-0.1, -0.05) is 6.92 Å². The third-order valence-electron chi connectivity index (χ3n) is 2.82. The van der Waals surface area contributed by atoms with Gasteiger partial charge in [0, 0.05) is 24.0 Å². The quantitative estimate of drug-likeness (QED) is 0.848. The van der Waals surface area contributed by atoms with Crippen LogP contribution in [0, 0.1) is 0 Å². The molecule has 1 unspecified atom stereocenters. The van der Waals surface area contributed by atoms with Crippen LogP contribution >= 0.6 is 0 Å².